The molecule has 3 aliphatic rings. The molecule has 2 fully saturated rings. The molecule has 1 amide bonds. The number of rotatable bonds is 3. The second-order valence-corrected chi connectivity index (χ2v) is 9.46. The Labute approximate surface area is 188 Å². The largest absolute Gasteiger partial charge is 0.416 e. The minimum Gasteiger partial charge on any atom is -0.380 e. The van der Waals surface area contributed by atoms with Crippen LogP contribution in [-0.4, -0.2) is 33.9 Å². The van der Waals surface area contributed by atoms with Gasteiger partial charge in [0, 0.05) is 23.7 Å². The number of ether oxygens (including phenoxy) is 1. The van der Waals surface area contributed by atoms with Crippen molar-refractivity contribution in [1.29, 1.82) is 0 Å². The van der Waals surface area contributed by atoms with Crippen molar-refractivity contribution < 1.29 is 22.7 Å². The van der Waals surface area contributed by atoms with E-state index < -0.39 is 17.6 Å². The van der Waals surface area contributed by atoms with Gasteiger partial charge in [-0.25, -0.2) is 0 Å². The van der Waals surface area contributed by atoms with Crippen LogP contribution in [0.5, 0.6) is 0 Å². The third-order valence-corrected chi connectivity index (χ3v) is 7.29. The number of aromatic nitrogens is 3. The van der Waals surface area contributed by atoms with Crippen molar-refractivity contribution >= 4 is 11.6 Å². The van der Waals surface area contributed by atoms with Crippen LogP contribution < -0.4 is 4.90 Å². The van der Waals surface area contributed by atoms with E-state index in [4.69, 9.17) is 4.74 Å². The Morgan fingerprint density at radius 2 is 1.85 bits per heavy atom. The highest BCUT2D eigenvalue weighted by molar-refractivity contribution is 6.10. The molecule has 0 unspecified atom stereocenters. The summed E-state index contributed by atoms with van der Waals surface area (Å²) in [4.78, 5) is 14.5. The average Bonchev–Trinajstić information content (AvgIpc) is 3.30. The van der Waals surface area contributed by atoms with Crippen LogP contribution in [0.15, 0.2) is 48.8 Å². The fourth-order valence-electron chi connectivity index (χ4n) is 5.81. The molecule has 1 aliphatic carbocycles. The molecular formula is C24H21F3N4O2. The fraction of sp³-hybridized carbons (Fsp3) is 0.375. The molecule has 0 N–H and O–H groups in total. The maximum absolute atomic E-state index is 13.5. The zero-order valence-corrected chi connectivity index (χ0v) is 17.9. The smallest absolute Gasteiger partial charge is 0.380 e. The molecule has 9 heteroatoms. The highest BCUT2D eigenvalue weighted by Crippen LogP contribution is 2.61. The van der Waals surface area contributed by atoms with Crippen LogP contribution in [0, 0.1) is 5.41 Å². The van der Waals surface area contributed by atoms with Gasteiger partial charge in [0.25, 0.3) is 5.91 Å². The maximum Gasteiger partial charge on any atom is 0.416 e. The van der Waals surface area contributed by atoms with Gasteiger partial charge in [-0.2, -0.15) is 13.2 Å². The van der Waals surface area contributed by atoms with Gasteiger partial charge < -0.3 is 14.2 Å². The Hall–Kier alpha value is -3.20. The first-order valence-electron chi connectivity index (χ1n) is 10.8. The Bertz CT molecular complexity index is 1270. The lowest BCUT2D eigenvalue weighted by atomic mass is 9.49. The third-order valence-electron chi connectivity index (χ3n) is 7.29. The molecule has 2 aromatic carbocycles. The van der Waals surface area contributed by atoms with Crippen molar-refractivity contribution in [3.8, 4) is 0 Å². The quantitative estimate of drug-likeness (QED) is 0.598. The van der Waals surface area contributed by atoms with Gasteiger partial charge in [-0.15, -0.1) is 10.2 Å². The van der Waals surface area contributed by atoms with Crippen molar-refractivity contribution in [3.63, 3.8) is 0 Å². The monoisotopic (exact) mass is 454 g/mol. The molecule has 6 nitrogen and oxygen atoms in total. The summed E-state index contributed by atoms with van der Waals surface area (Å²) in [7, 11) is 1.91. The number of fused-ring (bicyclic) bond motifs is 1. The fourth-order valence-corrected chi connectivity index (χ4v) is 5.81. The van der Waals surface area contributed by atoms with Crippen molar-refractivity contribution in [2.75, 3.05) is 18.1 Å². The van der Waals surface area contributed by atoms with Gasteiger partial charge in [0.1, 0.15) is 12.2 Å². The number of amides is 1. The van der Waals surface area contributed by atoms with Gasteiger partial charge in [-0.3, -0.25) is 4.79 Å². The molecule has 3 heterocycles. The third kappa shape index (κ3) is 2.88. The number of aryl methyl sites for hydroxylation is 1. The minimum absolute atomic E-state index is 0.0256. The predicted molar refractivity (Wildman–Crippen MR) is 113 cm³/mol. The number of carbonyl (C=O) groups excluding carboxylic acids is 1. The van der Waals surface area contributed by atoms with Crippen LogP contribution >= 0.6 is 0 Å². The van der Waals surface area contributed by atoms with Gasteiger partial charge in [-0.1, -0.05) is 18.2 Å². The van der Waals surface area contributed by atoms with E-state index in [0.29, 0.717) is 18.9 Å². The summed E-state index contributed by atoms with van der Waals surface area (Å²) in [6.07, 6.45) is -1.14. The van der Waals surface area contributed by atoms with E-state index in [1.807, 2.05) is 29.8 Å². The first kappa shape index (κ1) is 20.4. The van der Waals surface area contributed by atoms with Gasteiger partial charge >= 0.3 is 6.18 Å². The lowest BCUT2D eigenvalue weighted by Crippen LogP contribution is -2.60. The van der Waals surface area contributed by atoms with E-state index in [1.54, 1.807) is 12.4 Å². The summed E-state index contributed by atoms with van der Waals surface area (Å²) in [6.45, 7) is 1.32. The molecule has 1 aromatic heterocycles. The number of hydrogen-bond donors (Lipinski definition) is 0. The van der Waals surface area contributed by atoms with Crippen molar-refractivity contribution in [3.05, 3.63) is 76.9 Å². The van der Waals surface area contributed by atoms with Gasteiger partial charge in [-0.05, 0) is 48.2 Å². The lowest BCUT2D eigenvalue weighted by Gasteiger charge is -2.59. The van der Waals surface area contributed by atoms with Crippen molar-refractivity contribution in [2.45, 2.75) is 31.0 Å². The molecule has 6 rings (SSSR count). The Balaban J connectivity index is 1.39. The highest BCUT2D eigenvalue weighted by Gasteiger charge is 2.61. The van der Waals surface area contributed by atoms with Crippen LogP contribution in [-0.2, 0) is 29.9 Å². The summed E-state index contributed by atoms with van der Waals surface area (Å²) < 4.78 is 47.9. The number of alkyl halides is 3. The van der Waals surface area contributed by atoms with E-state index in [2.05, 4.69) is 10.2 Å². The zero-order chi connectivity index (χ0) is 23.0. The highest BCUT2D eigenvalue weighted by atomic mass is 19.4. The Kier molecular flexibility index (Phi) is 4.12. The summed E-state index contributed by atoms with van der Waals surface area (Å²) in [5.74, 6) is 0.422. The summed E-state index contributed by atoms with van der Waals surface area (Å²) in [6, 6.07) is 11.3. The van der Waals surface area contributed by atoms with Crippen molar-refractivity contribution in [1.82, 2.24) is 14.8 Å². The normalized spacial score (nSPS) is 20.5. The Morgan fingerprint density at radius 3 is 2.48 bits per heavy atom. The number of halogens is 3. The molecule has 1 saturated carbocycles. The van der Waals surface area contributed by atoms with Crippen LogP contribution in [0.2, 0.25) is 0 Å². The molecule has 33 heavy (non-hydrogen) atoms. The second kappa shape index (κ2) is 6.66. The van der Waals surface area contributed by atoms with Gasteiger partial charge in [0.15, 0.2) is 0 Å². The van der Waals surface area contributed by atoms with Crippen LogP contribution in [0.4, 0.5) is 18.9 Å². The van der Waals surface area contributed by atoms with E-state index in [-0.39, 0.29) is 28.5 Å². The standard InChI is InChI=1S/C24H21F3N4O2/c1-30-14-28-29-21(30)23(10-22(11-23)12-33-13-22)15-4-2-5-16(8-15)31-9-18-17(20(31)32)6-3-7-19(18)24(25,26)27/h2-8,14H,9-13H2,1H3. The predicted octanol–water partition coefficient (Wildman–Crippen LogP) is 4.09. The molecule has 170 valence electrons. The number of anilines is 1. The number of carbonyl (C=O) groups is 1. The topological polar surface area (TPSA) is 60.2 Å². The number of nitrogens with zero attached hydrogens (tertiary/aromatic N) is 4. The molecule has 0 atom stereocenters. The van der Waals surface area contributed by atoms with Gasteiger partial charge in [0.2, 0.25) is 0 Å². The van der Waals surface area contributed by atoms with E-state index in [1.165, 1.54) is 17.0 Å². The first-order chi connectivity index (χ1) is 15.7. The van der Waals surface area contributed by atoms with E-state index in [9.17, 15) is 18.0 Å². The average molecular weight is 454 g/mol. The second-order valence-electron chi connectivity index (χ2n) is 9.46. The molecule has 0 bridgehead atoms. The molecule has 1 saturated heterocycles. The van der Waals surface area contributed by atoms with Crippen LogP contribution in [0.3, 0.4) is 0 Å². The van der Waals surface area contributed by atoms with E-state index >= 15 is 0 Å². The molecule has 3 aromatic rings. The van der Waals surface area contributed by atoms with Crippen molar-refractivity contribution in [2.24, 2.45) is 12.5 Å². The SMILES string of the molecule is Cn1cnnc1C1(c2cccc(N3Cc4c(cccc4C(F)(F)F)C3=O)c2)CC2(COC2)C1. The first-order valence-corrected chi connectivity index (χ1v) is 10.8. The summed E-state index contributed by atoms with van der Waals surface area (Å²) >= 11 is 0. The summed E-state index contributed by atoms with van der Waals surface area (Å²) in [5, 5.41) is 8.46. The molecule has 0 radical (unpaired) electrons. The molecule has 1 spiro atoms. The van der Waals surface area contributed by atoms with Crippen LogP contribution in [0.1, 0.15) is 45.7 Å². The van der Waals surface area contributed by atoms with E-state index in [0.717, 1.165) is 30.3 Å². The zero-order valence-electron chi connectivity index (χ0n) is 17.9. The summed E-state index contributed by atoms with van der Waals surface area (Å²) in [5.41, 5.74) is 0.683. The van der Waals surface area contributed by atoms with Gasteiger partial charge in [0.05, 0.1) is 30.7 Å². The molecular weight excluding hydrogens is 433 g/mol. The van der Waals surface area contributed by atoms with Crippen LogP contribution in [0.25, 0.3) is 0 Å². The Morgan fingerprint density at radius 1 is 1.09 bits per heavy atom. The minimum atomic E-state index is -4.51. The lowest BCUT2D eigenvalue weighted by molar-refractivity contribution is -0.182. The number of hydrogen-bond acceptors (Lipinski definition) is 4. The maximum atomic E-state index is 13.5. The molecule has 2 aliphatic heterocycles. The number of benzene rings is 2.